The summed E-state index contributed by atoms with van der Waals surface area (Å²) in [6.07, 6.45) is 3.89. The molecular formula is C18H17ClN2O3S2. The molecular weight excluding hydrogens is 392 g/mol. The molecule has 0 saturated heterocycles. The third-order valence-electron chi connectivity index (χ3n) is 3.77. The number of ether oxygens (including phenoxy) is 1. The van der Waals surface area contributed by atoms with Crippen LogP contribution in [-0.4, -0.2) is 20.0 Å². The summed E-state index contributed by atoms with van der Waals surface area (Å²) < 4.78 is 33.7. The van der Waals surface area contributed by atoms with Gasteiger partial charge in [0, 0.05) is 23.0 Å². The van der Waals surface area contributed by atoms with E-state index in [1.165, 1.54) is 11.3 Å². The van der Waals surface area contributed by atoms with Crippen molar-refractivity contribution in [2.45, 2.75) is 18.2 Å². The number of sulfonamides is 1. The molecule has 0 aliphatic rings. The lowest BCUT2D eigenvalue weighted by Gasteiger charge is -2.12. The van der Waals surface area contributed by atoms with E-state index in [9.17, 15) is 8.42 Å². The van der Waals surface area contributed by atoms with Gasteiger partial charge in [0.15, 0.2) is 0 Å². The molecule has 0 unspecified atom stereocenters. The number of nitrogens with one attached hydrogen (secondary N) is 1. The molecule has 0 aliphatic carbocycles. The minimum absolute atomic E-state index is 0.175. The molecule has 0 saturated carbocycles. The van der Waals surface area contributed by atoms with Crippen molar-refractivity contribution in [1.29, 1.82) is 0 Å². The quantitative estimate of drug-likeness (QED) is 0.623. The largest absolute Gasteiger partial charge is 0.492 e. The molecule has 8 heteroatoms. The average molecular weight is 409 g/mol. The van der Waals surface area contributed by atoms with Crippen LogP contribution in [-0.2, 0) is 16.4 Å². The molecule has 26 heavy (non-hydrogen) atoms. The number of hydrogen-bond donors (Lipinski definition) is 1. The highest BCUT2D eigenvalue weighted by Gasteiger charge is 2.20. The summed E-state index contributed by atoms with van der Waals surface area (Å²) in [5, 5.41) is 4.11. The van der Waals surface area contributed by atoms with Gasteiger partial charge in [0.05, 0.1) is 23.4 Å². The van der Waals surface area contributed by atoms with Crippen LogP contribution in [0.15, 0.2) is 58.4 Å². The summed E-state index contributed by atoms with van der Waals surface area (Å²) in [5.74, 6) is 0.680. The smallest absolute Gasteiger partial charge is 0.262 e. The molecule has 1 N–H and O–H groups in total. The Morgan fingerprint density at radius 3 is 2.85 bits per heavy atom. The third-order valence-corrected chi connectivity index (χ3v) is 6.48. The van der Waals surface area contributed by atoms with Crippen molar-refractivity contribution in [3.05, 3.63) is 69.6 Å². The molecule has 0 amide bonds. The zero-order valence-electron chi connectivity index (χ0n) is 14.0. The summed E-state index contributed by atoms with van der Waals surface area (Å²) >= 11 is 7.48. The Morgan fingerprint density at radius 2 is 2.08 bits per heavy atom. The van der Waals surface area contributed by atoms with Gasteiger partial charge in [-0.3, -0.25) is 9.71 Å². The number of thiophene rings is 1. The first-order chi connectivity index (χ1) is 12.5. The third kappa shape index (κ3) is 4.35. The molecule has 2 heterocycles. The van der Waals surface area contributed by atoms with Crippen molar-refractivity contribution >= 4 is 38.6 Å². The molecule has 0 spiro atoms. The van der Waals surface area contributed by atoms with Crippen LogP contribution in [0, 0.1) is 6.92 Å². The van der Waals surface area contributed by atoms with Crippen LogP contribution in [0.5, 0.6) is 5.75 Å². The number of aromatic nitrogens is 1. The van der Waals surface area contributed by atoms with Crippen molar-refractivity contribution in [2.75, 3.05) is 11.3 Å². The van der Waals surface area contributed by atoms with E-state index in [1.807, 2.05) is 11.4 Å². The Hall–Kier alpha value is -2.09. The van der Waals surface area contributed by atoms with E-state index in [4.69, 9.17) is 16.3 Å². The fourth-order valence-corrected chi connectivity index (χ4v) is 4.89. The highest BCUT2D eigenvalue weighted by molar-refractivity contribution is 7.92. The van der Waals surface area contributed by atoms with E-state index < -0.39 is 10.0 Å². The van der Waals surface area contributed by atoms with E-state index >= 15 is 0 Å². The van der Waals surface area contributed by atoms with Crippen molar-refractivity contribution in [1.82, 2.24) is 4.98 Å². The lowest BCUT2D eigenvalue weighted by atomic mass is 10.2. The first kappa shape index (κ1) is 18.7. The van der Waals surface area contributed by atoms with Crippen LogP contribution in [0.4, 0.5) is 5.69 Å². The van der Waals surface area contributed by atoms with Crippen molar-refractivity contribution in [3.8, 4) is 5.75 Å². The molecule has 136 valence electrons. The van der Waals surface area contributed by atoms with E-state index in [0.29, 0.717) is 35.1 Å². The van der Waals surface area contributed by atoms with Gasteiger partial charge in [-0.25, -0.2) is 8.42 Å². The first-order valence-corrected chi connectivity index (χ1v) is 10.6. The van der Waals surface area contributed by atoms with Crippen LogP contribution >= 0.6 is 22.9 Å². The Labute approximate surface area is 161 Å². The predicted molar refractivity (Wildman–Crippen MR) is 105 cm³/mol. The Kier molecular flexibility index (Phi) is 5.80. The molecule has 1 aromatic carbocycles. The normalized spacial score (nSPS) is 11.3. The van der Waals surface area contributed by atoms with Gasteiger partial charge in [-0.05, 0) is 47.7 Å². The summed E-state index contributed by atoms with van der Waals surface area (Å²) in [6.45, 7) is 2.11. The van der Waals surface area contributed by atoms with E-state index in [2.05, 4.69) is 9.71 Å². The van der Waals surface area contributed by atoms with Gasteiger partial charge in [-0.1, -0.05) is 17.7 Å². The van der Waals surface area contributed by atoms with E-state index in [1.54, 1.807) is 49.0 Å². The minimum Gasteiger partial charge on any atom is -0.492 e. The van der Waals surface area contributed by atoms with Gasteiger partial charge >= 0.3 is 0 Å². The molecule has 0 fully saturated rings. The van der Waals surface area contributed by atoms with Crippen LogP contribution in [0.3, 0.4) is 0 Å². The van der Waals surface area contributed by atoms with Crippen LogP contribution < -0.4 is 9.46 Å². The molecule has 0 aliphatic heterocycles. The fraction of sp³-hybridized carbons (Fsp3) is 0.167. The van der Waals surface area contributed by atoms with Gasteiger partial charge < -0.3 is 4.74 Å². The van der Waals surface area contributed by atoms with Crippen molar-refractivity contribution in [3.63, 3.8) is 0 Å². The van der Waals surface area contributed by atoms with Crippen LogP contribution in [0.2, 0.25) is 5.02 Å². The molecule has 3 rings (SSSR count). The summed E-state index contributed by atoms with van der Waals surface area (Å²) in [5.41, 5.74) is 1.96. The number of pyridine rings is 1. The molecule has 0 atom stereocenters. The van der Waals surface area contributed by atoms with Crippen molar-refractivity contribution < 1.29 is 13.2 Å². The van der Waals surface area contributed by atoms with Gasteiger partial charge in [-0.15, -0.1) is 11.3 Å². The maximum Gasteiger partial charge on any atom is 0.262 e. The molecule has 3 aromatic rings. The minimum atomic E-state index is -3.71. The number of rotatable bonds is 7. The summed E-state index contributed by atoms with van der Waals surface area (Å²) in [7, 11) is -3.71. The Balaban J connectivity index is 1.71. The Bertz CT molecular complexity index is 989. The number of hydrogen-bond acceptors (Lipinski definition) is 5. The van der Waals surface area contributed by atoms with E-state index in [0.717, 1.165) is 5.56 Å². The van der Waals surface area contributed by atoms with E-state index in [-0.39, 0.29) is 4.90 Å². The second-order valence-electron chi connectivity index (χ2n) is 5.57. The lowest BCUT2D eigenvalue weighted by Crippen LogP contribution is -2.15. The standard InChI is InChI=1S/C18H17ClN2O3S2/c1-13-16(19)5-2-6-18(13)26(22,23)21-17-12-25-11-14(17)7-9-24-15-4-3-8-20-10-15/h2-6,8,10-12,21H,7,9H2,1H3. The predicted octanol–water partition coefficient (Wildman–Crippen LogP) is 4.53. The van der Waals surface area contributed by atoms with Gasteiger partial charge in [0.25, 0.3) is 10.0 Å². The fourth-order valence-electron chi connectivity index (χ4n) is 2.40. The van der Waals surface area contributed by atoms with Gasteiger partial charge in [0.2, 0.25) is 0 Å². The van der Waals surface area contributed by atoms with Crippen LogP contribution in [0.1, 0.15) is 11.1 Å². The van der Waals surface area contributed by atoms with Gasteiger partial charge in [0.1, 0.15) is 5.75 Å². The number of anilines is 1. The monoisotopic (exact) mass is 408 g/mol. The SMILES string of the molecule is Cc1c(Cl)cccc1S(=O)(=O)Nc1cscc1CCOc1cccnc1. The first-order valence-electron chi connectivity index (χ1n) is 7.83. The molecule has 0 radical (unpaired) electrons. The molecule has 0 bridgehead atoms. The maximum atomic E-state index is 12.7. The molecule has 5 nitrogen and oxygen atoms in total. The summed E-state index contributed by atoms with van der Waals surface area (Å²) in [4.78, 5) is 4.16. The van der Waals surface area contributed by atoms with Crippen molar-refractivity contribution in [2.24, 2.45) is 0 Å². The van der Waals surface area contributed by atoms with Crippen LogP contribution in [0.25, 0.3) is 0 Å². The number of benzene rings is 1. The topological polar surface area (TPSA) is 68.3 Å². The number of halogens is 1. The molecule has 2 aromatic heterocycles. The van der Waals surface area contributed by atoms with Gasteiger partial charge in [-0.2, -0.15) is 0 Å². The maximum absolute atomic E-state index is 12.7. The highest BCUT2D eigenvalue weighted by Crippen LogP contribution is 2.28. The summed E-state index contributed by atoms with van der Waals surface area (Å²) in [6, 6.07) is 8.46. The Morgan fingerprint density at radius 1 is 1.23 bits per heavy atom. The second-order valence-corrected chi connectivity index (χ2v) is 8.37. The number of nitrogens with zero attached hydrogens (tertiary/aromatic N) is 1. The second kappa shape index (κ2) is 8.07. The lowest BCUT2D eigenvalue weighted by molar-refractivity contribution is 0.321. The zero-order chi connectivity index (χ0) is 18.6. The zero-order valence-corrected chi connectivity index (χ0v) is 16.4. The highest BCUT2D eigenvalue weighted by atomic mass is 35.5. The average Bonchev–Trinajstić information content (AvgIpc) is 3.04.